The van der Waals surface area contributed by atoms with Gasteiger partial charge < -0.3 is 5.73 Å². The number of nitrogen functional groups attached to an aromatic ring is 1. The van der Waals surface area contributed by atoms with Crippen molar-refractivity contribution >= 4 is 33.0 Å². The Kier molecular flexibility index (Phi) is 2.16. The van der Waals surface area contributed by atoms with Crippen molar-refractivity contribution in [3.8, 4) is 0 Å². The van der Waals surface area contributed by atoms with Crippen LogP contribution in [0, 0.1) is 0 Å². The van der Waals surface area contributed by atoms with Crippen molar-refractivity contribution in [2.45, 2.75) is 5.33 Å². The van der Waals surface area contributed by atoms with Crippen molar-refractivity contribution < 1.29 is 0 Å². The summed E-state index contributed by atoms with van der Waals surface area (Å²) in [5, 5.41) is 0.541. The van der Waals surface area contributed by atoms with Crippen molar-refractivity contribution in [1.82, 2.24) is 19.9 Å². The van der Waals surface area contributed by atoms with Crippen LogP contribution in [-0.4, -0.2) is 19.9 Å². The van der Waals surface area contributed by atoms with E-state index in [0.717, 1.165) is 0 Å². The molecular formula is C7H6BrN5O. The van der Waals surface area contributed by atoms with Crippen molar-refractivity contribution in [3.05, 3.63) is 22.2 Å². The van der Waals surface area contributed by atoms with E-state index in [1.165, 1.54) is 0 Å². The highest BCUT2D eigenvalue weighted by Crippen LogP contribution is 2.05. The molecule has 2 rings (SSSR count). The Morgan fingerprint density at radius 1 is 1.50 bits per heavy atom. The molecule has 2 aromatic rings. The minimum Gasteiger partial charge on any atom is -0.369 e. The number of anilines is 1. The van der Waals surface area contributed by atoms with Crippen molar-refractivity contribution in [2.24, 2.45) is 0 Å². The Balaban J connectivity index is 2.82. The van der Waals surface area contributed by atoms with E-state index in [4.69, 9.17) is 5.73 Å². The van der Waals surface area contributed by atoms with Crippen LogP contribution >= 0.6 is 15.9 Å². The normalized spacial score (nSPS) is 10.6. The summed E-state index contributed by atoms with van der Waals surface area (Å²) in [5.41, 5.74) is 6.12. The highest BCUT2D eigenvalue weighted by atomic mass is 79.9. The van der Waals surface area contributed by atoms with Gasteiger partial charge in [0.2, 0.25) is 5.95 Å². The second-order valence-electron chi connectivity index (χ2n) is 2.62. The number of hydrogen-bond acceptors (Lipinski definition) is 5. The molecule has 0 aliphatic carbocycles. The molecular weight excluding hydrogens is 250 g/mol. The van der Waals surface area contributed by atoms with Crippen LogP contribution in [0.2, 0.25) is 0 Å². The molecule has 0 aromatic carbocycles. The van der Waals surface area contributed by atoms with Crippen LogP contribution in [0.1, 0.15) is 5.69 Å². The van der Waals surface area contributed by atoms with Gasteiger partial charge in [0, 0.05) is 5.33 Å². The van der Waals surface area contributed by atoms with Gasteiger partial charge in [-0.15, -0.1) is 0 Å². The van der Waals surface area contributed by atoms with Gasteiger partial charge in [-0.2, -0.15) is 4.98 Å². The highest BCUT2D eigenvalue weighted by Gasteiger charge is 2.05. The molecule has 0 radical (unpaired) electrons. The number of alkyl halides is 1. The predicted molar refractivity (Wildman–Crippen MR) is 55.0 cm³/mol. The summed E-state index contributed by atoms with van der Waals surface area (Å²) >= 11 is 3.22. The van der Waals surface area contributed by atoms with E-state index in [9.17, 15) is 4.79 Å². The maximum absolute atomic E-state index is 11.4. The minimum atomic E-state index is -0.372. The van der Waals surface area contributed by atoms with Gasteiger partial charge in [0.25, 0.3) is 5.56 Å². The average Bonchev–Trinajstić information content (AvgIpc) is 2.17. The van der Waals surface area contributed by atoms with E-state index in [1.807, 2.05) is 0 Å². The molecule has 0 saturated carbocycles. The van der Waals surface area contributed by atoms with Crippen LogP contribution in [0.5, 0.6) is 0 Å². The third-order valence-corrected chi connectivity index (χ3v) is 2.20. The van der Waals surface area contributed by atoms with E-state index in [-0.39, 0.29) is 22.7 Å². The molecule has 2 heterocycles. The molecule has 0 unspecified atom stereocenters. The standard InChI is InChI=1S/C7H6BrN5O/c8-1-3-2-10-5-4(11-3)6(14)13-7(9)12-5/h2H,1H2,(H3,9,10,12,13,14). The molecule has 3 N–H and O–H groups in total. The van der Waals surface area contributed by atoms with Gasteiger partial charge in [-0.25, -0.2) is 9.97 Å². The number of nitrogens with one attached hydrogen (secondary N) is 1. The maximum atomic E-state index is 11.4. The number of fused-ring (bicyclic) bond motifs is 1. The Labute approximate surface area is 86.7 Å². The smallest absolute Gasteiger partial charge is 0.280 e. The van der Waals surface area contributed by atoms with Gasteiger partial charge in [-0.1, -0.05) is 15.9 Å². The Hall–Kier alpha value is -1.50. The van der Waals surface area contributed by atoms with Gasteiger partial charge >= 0.3 is 0 Å². The summed E-state index contributed by atoms with van der Waals surface area (Å²) in [6.45, 7) is 0. The minimum absolute atomic E-state index is 0.0448. The molecule has 0 fully saturated rings. The van der Waals surface area contributed by atoms with Crippen LogP contribution in [0.3, 0.4) is 0 Å². The van der Waals surface area contributed by atoms with Crippen LogP contribution in [-0.2, 0) is 5.33 Å². The second kappa shape index (κ2) is 3.33. The number of halogens is 1. The monoisotopic (exact) mass is 255 g/mol. The van der Waals surface area contributed by atoms with E-state index in [0.29, 0.717) is 11.0 Å². The zero-order valence-corrected chi connectivity index (χ0v) is 8.58. The topological polar surface area (TPSA) is 97.5 Å². The first-order valence-electron chi connectivity index (χ1n) is 3.78. The lowest BCUT2D eigenvalue weighted by Crippen LogP contribution is -2.13. The largest absolute Gasteiger partial charge is 0.369 e. The van der Waals surface area contributed by atoms with Gasteiger partial charge in [0.15, 0.2) is 11.2 Å². The third-order valence-electron chi connectivity index (χ3n) is 1.62. The first kappa shape index (κ1) is 9.07. The van der Waals surface area contributed by atoms with Crippen molar-refractivity contribution in [2.75, 3.05) is 5.73 Å². The Bertz CT molecular complexity index is 537. The average molecular weight is 256 g/mol. The second-order valence-corrected chi connectivity index (χ2v) is 3.18. The van der Waals surface area contributed by atoms with E-state index in [1.54, 1.807) is 6.20 Å². The lowest BCUT2D eigenvalue weighted by molar-refractivity contribution is 1.09. The summed E-state index contributed by atoms with van der Waals surface area (Å²) in [5.74, 6) is 0.0448. The van der Waals surface area contributed by atoms with E-state index in [2.05, 4.69) is 35.9 Å². The van der Waals surface area contributed by atoms with Crippen LogP contribution < -0.4 is 11.3 Å². The summed E-state index contributed by atoms with van der Waals surface area (Å²) in [6.07, 6.45) is 1.54. The van der Waals surface area contributed by atoms with E-state index < -0.39 is 0 Å². The van der Waals surface area contributed by atoms with Gasteiger partial charge in [-0.3, -0.25) is 9.78 Å². The summed E-state index contributed by atoms with van der Waals surface area (Å²) < 4.78 is 0. The molecule has 0 aliphatic rings. The first-order valence-corrected chi connectivity index (χ1v) is 4.90. The zero-order valence-electron chi connectivity index (χ0n) is 6.99. The molecule has 0 aliphatic heterocycles. The molecule has 2 aromatic heterocycles. The molecule has 0 amide bonds. The maximum Gasteiger partial charge on any atom is 0.280 e. The number of aromatic nitrogens is 4. The van der Waals surface area contributed by atoms with Crippen molar-refractivity contribution in [1.29, 1.82) is 0 Å². The van der Waals surface area contributed by atoms with E-state index >= 15 is 0 Å². The summed E-state index contributed by atoms with van der Waals surface area (Å²) in [6, 6.07) is 0. The third kappa shape index (κ3) is 1.46. The molecule has 0 bridgehead atoms. The zero-order chi connectivity index (χ0) is 10.1. The fourth-order valence-electron chi connectivity index (χ4n) is 1.04. The highest BCUT2D eigenvalue weighted by molar-refractivity contribution is 9.08. The molecule has 14 heavy (non-hydrogen) atoms. The van der Waals surface area contributed by atoms with Crippen LogP contribution in [0.4, 0.5) is 5.95 Å². The lowest BCUT2D eigenvalue weighted by Gasteiger charge is -1.98. The molecule has 0 spiro atoms. The molecule has 72 valence electrons. The van der Waals surface area contributed by atoms with Crippen LogP contribution in [0.25, 0.3) is 11.2 Å². The summed E-state index contributed by atoms with van der Waals surface area (Å²) in [4.78, 5) is 25.6. The first-order chi connectivity index (χ1) is 6.70. The van der Waals surface area contributed by atoms with Crippen molar-refractivity contribution in [3.63, 3.8) is 0 Å². The van der Waals surface area contributed by atoms with Gasteiger partial charge in [-0.05, 0) is 0 Å². The SMILES string of the molecule is Nc1nc2ncc(CBr)nc2c(=O)[nH]1. The van der Waals surface area contributed by atoms with Gasteiger partial charge in [0.05, 0.1) is 11.9 Å². The number of nitrogens with two attached hydrogens (primary N) is 1. The van der Waals surface area contributed by atoms with Crippen LogP contribution in [0.15, 0.2) is 11.0 Å². The number of aromatic amines is 1. The Morgan fingerprint density at radius 3 is 3.00 bits per heavy atom. The molecule has 7 heteroatoms. The fraction of sp³-hybridized carbons (Fsp3) is 0.143. The lowest BCUT2D eigenvalue weighted by atomic mass is 10.4. The number of H-pyrrole nitrogens is 1. The Morgan fingerprint density at radius 2 is 2.29 bits per heavy atom. The number of hydrogen-bond donors (Lipinski definition) is 2. The summed E-state index contributed by atoms with van der Waals surface area (Å²) in [7, 11) is 0. The quantitative estimate of drug-likeness (QED) is 0.710. The molecule has 6 nitrogen and oxygen atoms in total. The van der Waals surface area contributed by atoms with Gasteiger partial charge in [0.1, 0.15) is 0 Å². The molecule has 0 atom stereocenters. The predicted octanol–water partition coefficient (Wildman–Crippen LogP) is 0.190. The number of nitrogens with zero attached hydrogens (tertiary/aromatic N) is 3. The molecule has 0 saturated heterocycles. The fourth-order valence-corrected chi connectivity index (χ4v) is 1.31. The number of rotatable bonds is 1.